The molecule has 0 bridgehead atoms. The molecule has 0 unspecified atom stereocenters. The Bertz CT molecular complexity index is 596. The molecule has 0 aromatic heterocycles. The highest BCUT2D eigenvalue weighted by Gasteiger charge is 2.38. The van der Waals surface area contributed by atoms with Gasteiger partial charge in [0, 0.05) is 23.7 Å². The average molecular weight is 259 g/mol. The fourth-order valence-electron chi connectivity index (χ4n) is 2.93. The lowest BCUT2D eigenvalue weighted by Gasteiger charge is -2.37. The number of fused-ring (bicyclic) bond motifs is 3. The van der Waals surface area contributed by atoms with E-state index in [1.165, 1.54) is 12.1 Å². The molecular weight excluding hydrogens is 248 g/mol. The molecule has 3 atom stereocenters. The van der Waals surface area contributed by atoms with Crippen LogP contribution in [0.2, 0.25) is 0 Å². The summed E-state index contributed by atoms with van der Waals surface area (Å²) in [4.78, 5) is 21.5. The second kappa shape index (κ2) is 4.08. The molecule has 1 aromatic rings. The van der Waals surface area contributed by atoms with E-state index in [0.29, 0.717) is 12.1 Å². The number of carbonyl (C=O) groups excluding carboxylic acids is 1. The molecule has 0 amide bonds. The number of hydrogen-bond acceptors (Lipinski definition) is 5. The number of rotatable bonds is 2. The Kier molecular flexibility index (Phi) is 2.51. The minimum absolute atomic E-state index is 0.0199. The predicted molar refractivity (Wildman–Crippen MR) is 65.5 cm³/mol. The third-order valence-electron chi connectivity index (χ3n) is 3.81. The number of anilines is 1. The largest absolute Gasteiger partial charge is 0.548 e. The van der Waals surface area contributed by atoms with Crippen molar-refractivity contribution >= 4 is 17.3 Å². The maximum Gasteiger partial charge on any atom is 0.269 e. The van der Waals surface area contributed by atoms with Gasteiger partial charge in [-0.25, -0.2) is 0 Å². The zero-order valence-electron chi connectivity index (χ0n) is 9.91. The molecule has 98 valence electrons. The molecule has 0 saturated carbocycles. The summed E-state index contributed by atoms with van der Waals surface area (Å²) >= 11 is 0. The normalized spacial score (nSPS) is 27.3. The first kappa shape index (κ1) is 11.7. The van der Waals surface area contributed by atoms with Crippen LogP contribution in [-0.4, -0.2) is 16.9 Å². The molecule has 1 aliphatic heterocycles. The van der Waals surface area contributed by atoms with Crippen LogP contribution in [0, 0.1) is 16.0 Å². The molecule has 0 spiro atoms. The number of non-ortho nitro benzene ring substituents is 1. The van der Waals surface area contributed by atoms with Crippen LogP contribution in [0.15, 0.2) is 30.4 Å². The Labute approximate surface area is 108 Å². The Balaban J connectivity index is 2.08. The highest BCUT2D eigenvalue weighted by atomic mass is 16.6. The smallest absolute Gasteiger partial charge is 0.269 e. The van der Waals surface area contributed by atoms with Gasteiger partial charge in [-0.3, -0.25) is 10.1 Å². The molecule has 2 aliphatic rings. The minimum atomic E-state index is -1.14. The molecule has 3 rings (SSSR count). The summed E-state index contributed by atoms with van der Waals surface area (Å²) in [5.74, 6) is -1.37. The number of hydrogen-bond donors (Lipinski definition) is 1. The SMILES string of the molecule is O=C([O-])[C@@H]1Nc2ccc([N+](=O)[O-])cc2[C@H]2C=CC[C@@H]21. The quantitative estimate of drug-likeness (QED) is 0.481. The van der Waals surface area contributed by atoms with Crippen molar-refractivity contribution in [3.63, 3.8) is 0 Å². The van der Waals surface area contributed by atoms with E-state index in [1.807, 2.05) is 12.2 Å². The number of nitrogens with one attached hydrogen (secondary N) is 1. The van der Waals surface area contributed by atoms with Crippen LogP contribution in [0.3, 0.4) is 0 Å². The van der Waals surface area contributed by atoms with Crippen molar-refractivity contribution in [1.29, 1.82) is 0 Å². The summed E-state index contributed by atoms with van der Waals surface area (Å²) in [6.45, 7) is 0. The molecule has 1 aliphatic carbocycles. The number of nitro groups is 1. The van der Waals surface area contributed by atoms with Gasteiger partial charge in [-0.15, -0.1) is 0 Å². The summed E-state index contributed by atoms with van der Waals surface area (Å²) < 4.78 is 0. The molecule has 1 aromatic carbocycles. The van der Waals surface area contributed by atoms with Crippen LogP contribution in [0.25, 0.3) is 0 Å². The first-order valence-electron chi connectivity index (χ1n) is 6.00. The van der Waals surface area contributed by atoms with Gasteiger partial charge in [0.15, 0.2) is 0 Å². The van der Waals surface area contributed by atoms with Gasteiger partial charge in [0.05, 0.1) is 16.9 Å². The fourth-order valence-corrected chi connectivity index (χ4v) is 2.93. The summed E-state index contributed by atoms with van der Waals surface area (Å²) in [5, 5.41) is 24.9. The van der Waals surface area contributed by atoms with Crippen molar-refractivity contribution in [2.75, 3.05) is 5.32 Å². The predicted octanol–water partition coefficient (Wildman–Crippen LogP) is 0.798. The third-order valence-corrected chi connectivity index (χ3v) is 3.81. The highest BCUT2D eigenvalue weighted by molar-refractivity contribution is 5.79. The molecule has 1 N–H and O–H groups in total. The average Bonchev–Trinajstić information content (AvgIpc) is 2.86. The van der Waals surface area contributed by atoms with Crippen LogP contribution in [0.1, 0.15) is 17.9 Å². The summed E-state index contributed by atoms with van der Waals surface area (Å²) in [6, 6.07) is 3.69. The number of aliphatic carboxylic acids is 1. The monoisotopic (exact) mass is 259 g/mol. The van der Waals surface area contributed by atoms with Crippen LogP contribution in [0.5, 0.6) is 0 Å². The Morgan fingerprint density at radius 3 is 2.89 bits per heavy atom. The number of nitrogens with zero attached hydrogens (tertiary/aromatic N) is 1. The van der Waals surface area contributed by atoms with E-state index >= 15 is 0 Å². The van der Waals surface area contributed by atoms with E-state index in [0.717, 1.165) is 5.56 Å². The van der Waals surface area contributed by atoms with Crippen molar-refractivity contribution in [1.82, 2.24) is 0 Å². The Hall–Kier alpha value is -2.37. The second-order valence-corrected chi connectivity index (χ2v) is 4.82. The van der Waals surface area contributed by atoms with Gasteiger partial charge in [0.2, 0.25) is 0 Å². The molecule has 6 nitrogen and oxygen atoms in total. The van der Waals surface area contributed by atoms with Crippen LogP contribution in [0.4, 0.5) is 11.4 Å². The van der Waals surface area contributed by atoms with E-state index in [9.17, 15) is 20.0 Å². The van der Waals surface area contributed by atoms with Gasteiger partial charge < -0.3 is 15.2 Å². The Morgan fingerprint density at radius 2 is 2.21 bits per heavy atom. The van der Waals surface area contributed by atoms with E-state index in [1.54, 1.807) is 6.07 Å². The van der Waals surface area contributed by atoms with Crippen molar-refractivity contribution in [3.05, 3.63) is 46.0 Å². The summed E-state index contributed by atoms with van der Waals surface area (Å²) in [7, 11) is 0. The van der Waals surface area contributed by atoms with Gasteiger partial charge >= 0.3 is 0 Å². The van der Waals surface area contributed by atoms with E-state index in [-0.39, 0.29) is 17.5 Å². The third kappa shape index (κ3) is 1.76. The van der Waals surface area contributed by atoms with Crippen molar-refractivity contribution < 1.29 is 14.8 Å². The standard InChI is InChI=1S/C13H12N2O4/c16-13(17)12-9-3-1-2-8(9)10-6-7(15(18)19)4-5-11(10)14-12/h1-2,4-6,8-9,12,14H,3H2,(H,16,17)/p-1/t8-,9-,12+/m0/s1. The number of benzene rings is 1. The molecule has 1 heterocycles. The van der Waals surface area contributed by atoms with Crippen molar-refractivity contribution in [2.24, 2.45) is 5.92 Å². The number of nitro benzene ring substituents is 1. The molecule has 6 heteroatoms. The Morgan fingerprint density at radius 1 is 1.42 bits per heavy atom. The maximum atomic E-state index is 11.2. The fraction of sp³-hybridized carbons (Fsp3) is 0.308. The molecule has 0 saturated heterocycles. The molecule has 19 heavy (non-hydrogen) atoms. The van der Waals surface area contributed by atoms with Crippen molar-refractivity contribution in [2.45, 2.75) is 18.4 Å². The number of allylic oxidation sites excluding steroid dienone is 2. The van der Waals surface area contributed by atoms with Crippen molar-refractivity contribution in [3.8, 4) is 0 Å². The first-order chi connectivity index (χ1) is 9.08. The zero-order valence-corrected chi connectivity index (χ0v) is 9.91. The van der Waals surface area contributed by atoms with E-state index in [2.05, 4.69) is 5.32 Å². The maximum absolute atomic E-state index is 11.2. The van der Waals surface area contributed by atoms with Crippen LogP contribution < -0.4 is 10.4 Å². The van der Waals surface area contributed by atoms with Gasteiger partial charge in [0.1, 0.15) is 0 Å². The first-order valence-corrected chi connectivity index (χ1v) is 6.00. The number of carboxylic acid groups (broad SMARTS) is 1. The number of carbonyl (C=O) groups is 1. The summed E-state index contributed by atoms with van der Waals surface area (Å²) in [6.07, 6.45) is 4.48. The minimum Gasteiger partial charge on any atom is -0.548 e. The molecule has 0 fully saturated rings. The van der Waals surface area contributed by atoms with Gasteiger partial charge in [-0.2, -0.15) is 0 Å². The second-order valence-electron chi connectivity index (χ2n) is 4.82. The number of carboxylic acids is 1. The topological polar surface area (TPSA) is 95.3 Å². The van der Waals surface area contributed by atoms with Gasteiger partial charge in [-0.1, -0.05) is 12.2 Å². The van der Waals surface area contributed by atoms with E-state index < -0.39 is 16.9 Å². The molecule has 0 radical (unpaired) electrons. The highest BCUT2D eigenvalue weighted by Crippen LogP contribution is 2.45. The summed E-state index contributed by atoms with van der Waals surface area (Å²) in [5.41, 5.74) is 1.43. The van der Waals surface area contributed by atoms with Crippen LogP contribution >= 0.6 is 0 Å². The van der Waals surface area contributed by atoms with Crippen LogP contribution in [-0.2, 0) is 4.79 Å². The lowest BCUT2D eigenvalue weighted by molar-refractivity contribution is -0.384. The van der Waals surface area contributed by atoms with Gasteiger partial charge in [0.25, 0.3) is 5.69 Å². The molecular formula is C13H11N2O4-. The lowest BCUT2D eigenvalue weighted by atomic mass is 9.79. The van der Waals surface area contributed by atoms with Gasteiger partial charge in [-0.05, 0) is 24.0 Å². The zero-order chi connectivity index (χ0) is 13.6. The lowest BCUT2D eigenvalue weighted by Crippen LogP contribution is -2.48. The van der Waals surface area contributed by atoms with E-state index in [4.69, 9.17) is 0 Å².